The van der Waals surface area contributed by atoms with Crippen molar-refractivity contribution < 1.29 is 27.5 Å². The SMILES string of the molecule is C=CC(=O)Nc1cccc(C(F)(F)c2ccc(N3CC[C@@H](CN4CCC(C(CN5CCC5)(c5cccc(F)c5)[C@H]5CCC[C@@H]5NC(=O)OC)CC4)C3)cc2)c1. The molecule has 0 spiro atoms. The number of benzene rings is 3. The number of amides is 2. The standard InChI is InChI=1S/C44H54F3N5O3/c1-3-41(53)48-37-11-5-9-35(27-37)44(46,47)33-14-16-38(17-15-33)52-25-18-31(29-52)28-50-23-19-32(20-24-50)43(30-51-21-7-22-51,34-8-4-10-36(45)26-34)39-12-6-13-40(39)49-42(54)55-2/h3-5,8-11,14-17,26-27,31-32,39-40H,1,6-7,12-13,18-25,28-30H2,2H3,(H,48,53)(H,49,54)/t31-,39-,40-,43?/m0/s1. The van der Waals surface area contributed by atoms with Crippen LogP contribution in [0.3, 0.4) is 0 Å². The highest BCUT2D eigenvalue weighted by molar-refractivity contribution is 5.98. The zero-order valence-corrected chi connectivity index (χ0v) is 31.8. The van der Waals surface area contributed by atoms with E-state index in [0.29, 0.717) is 17.5 Å². The monoisotopic (exact) mass is 757 g/mol. The maximum atomic E-state index is 15.6. The summed E-state index contributed by atoms with van der Waals surface area (Å²) in [5, 5.41) is 5.73. The number of alkyl halides is 2. The van der Waals surface area contributed by atoms with Gasteiger partial charge in [-0.2, -0.15) is 8.78 Å². The maximum absolute atomic E-state index is 15.6. The molecule has 2 N–H and O–H groups in total. The van der Waals surface area contributed by atoms with E-state index in [1.807, 2.05) is 6.07 Å². The van der Waals surface area contributed by atoms with Crippen LogP contribution in [-0.2, 0) is 20.9 Å². The summed E-state index contributed by atoms with van der Waals surface area (Å²) in [6.07, 6.45) is 7.81. The van der Waals surface area contributed by atoms with Crippen molar-refractivity contribution in [3.05, 3.63) is 108 Å². The van der Waals surface area contributed by atoms with E-state index in [0.717, 1.165) is 108 Å². The Morgan fingerprint density at radius 2 is 1.60 bits per heavy atom. The number of nitrogens with zero attached hydrogens (tertiary/aromatic N) is 3. The van der Waals surface area contributed by atoms with Gasteiger partial charge in [-0.15, -0.1) is 0 Å². The van der Waals surface area contributed by atoms with E-state index < -0.39 is 17.9 Å². The maximum Gasteiger partial charge on any atom is 0.407 e. The van der Waals surface area contributed by atoms with Crippen LogP contribution < -0.4 is 15.5 Å². The van der Waals surface area contributed by atoms with Crippen molar-refractivity contribution in [2.75, 3.05) is 69.7 Å². The van der Waals surface area contributed by atoms with Crippen LogP contribution >= 0.6 is 0 Å². The molecule has 0 bridgehead atoms. The Morgan fingerprint density at radius 1 is 0.855 bits per heavy atom. The molecule has 0 aromatic heterocycles. The largest absolute Gasteiger partial charge is 0.453 e. The quantitative estimate of drug-likeness (QED) is 0.174. The van der Waals surface area contributed by atoms with Gasteiger partial charge in [-0.25, -0.2) is 9.18 Å². The van der Waals surface area contributed by atoms with E-state index in [2.05, 4.69) is 38.0 Å². The van der Waals surface area contributed by atoms with Gasteiger partial charge in [0.05, 0.1) is 7.11 Å². The first kappa shape index (κ1) is 38.9. The number of halogens is 3. The van der Waals surface area contributed by atoms with E-state index in [9.17, 15) is 9.59 Å². The van der Waals surface area contributed by atoms with Gasteiger partial charge in [0.15, 0.2) is 0 Å². The third-order valence-corrected chi connectivity index (χ3v) is 12.9. The van der Waals surface area contributed by atoms with Crippen LogP contribution in [0.15, 0.2) is 85.5 Å². The number of ether oxygens (including phenoxy) is 1. The number of carbonyl (C=O) groups is 2. The average Bonchev–Trinajstić information content (AvgIpc) is 3.85. The molecule has 3 aliphatic heterocycles. The summed E-state index contributed by atoms with van der Waals surface area (Å²) in [6, 6.07) is 19.5. The lowest BCUT2D eigenvalue weighted by atomic mass is 9.57. The van der Waals surface area contributed by atoms with Gasteiger partial charge in [0.25, 0.3) is 5.92 Å². The van der Waals surface area contributed by atoms with Gasteiger partial charge in [0, 0.05) is 60.1 Å². The molecule has 3 aromatic rings. The van der Waals surface area contributed by atoms with Crippen LogP contribution in [0.2, 0.25) is 0 Å². The fourth-order valence-corrected chi connectivity index (χ4v) is 9.98. The Morgan fingerprint density at radius 3 is 2.29 bits per heavy atom. The Hall–Kier alpha value is -4.35. The molecule has 4 aliphatic rings. The lowest BCUT2D eigenvalue weighted by Crippen LogP contribution is -2.59. The van der Waals surface area contributed by atoms with Gasteiger partial charge < -0.3 is 30.1 Å². The van der Waals surface area contributed by atoms with Crippen LogP contribution in [-0.4, -0.2) is 87.3 Å². The number of rotatable bonds is 13. The molecule has 1 saturated carbocycles. The van der Waals surface area contributed by atoms with Crippen molar-refractivity contribution in [3.63, 3.8) is 0 Å². The molecule has 8 nitrogen and oxygen atoms in total. The molecule has 3 heterocycles. The molecular weight excluding hydrogens is 704 g/mol. The number of hydrogen-bond acceptors (Lipinski definition) is 6. The summed E-state index contributed by atoms with van der Waals surface area (Å²) < 4.78 is 51.3. The fourth-order valence-electron chi connectivity index (χ4n) is 9.98. The van der Waals surface area contributed by atoms with Gasteiger partial charge >= 0.3 is 6.09 Å². The van der Waals surface area contributed by atoms with E-state index >= 15 is 13.2 Å². The molecule has 4 atom stereocenters. The Bertz CT molecular complexity index is 1810. The molecule has 2 amide bonds. The number of nitrogens with one attached hydrogen (secondary N) is 2. The molecule has 294 valence electrons. The van der Waals surface area contributed by atoms with Crippen molar-refractivity contribution in [1.29, 1.82) is 0 Å². The Kier molecular flexibility index (Phi) is 11.9. The third-order valence-electron chi connectivity index (χ3n) is 12.9. The average molecular weight is 758 g/mol. The van der Waals surface area contributed by atoms with Crippen molar-refractivity contribution >= 4 is 23.4 Å². The van der Waals surface area contributed by atoms with Gasteiger partial charge in [-0.1, -0.05) is 49.4 Å². The first-order valence-electron chi connectivity index (χ1n) is 19.9. The molecule has 1 aliphatic carbocycles. The normalized spacial score (nSPS) is 23.5. The Balaban J connectivity index is 1.01. The number of piperidine rings is 1. The number of hydrogen-bond donors (Lipinski definition) is 2. The van der Waals surface area contributed by atoms with Crippen LogP contribution in [0.25, 0.3) is 0 Å². The smallest absolute Gasteiger partial charge is 0.407 e. The minimum absolute atomic E-state index is 0.0253. The summed E-state index contributed by atoms with van der Waals surface area (Å²) in [5.74, 6) is -2.93. The summed E-state index contributed by atoms with van der Waals surface area (Å²) in [4.78, 5) is 31.6. The van der Waals surface area contributed by atoms with Gasteiger partial charge in [0.2, 0.25) is 5.91 Å². The van der Waals surface area contributed by atoms with Crippen molar-refractivity contribution in [3.8, 4) is 0 Å². The highest BCUT2D eigenvalue weighted by atomic mass is 19.3. The molecule has 1 unspecified atom stereocenters. The number of carbonyl (C=O) groups excluding carboxylic acids is 2. The van der Waals surface area contributed by atoms with Crippen LogP contribution in [0.1, 0.15) is 61.6 Å². The minimum Gasteiger partial charge on any atom is -0.453 e. The fraction of sp³-hybridized carbons (Fsp3) is 0.500. The molecule has 7 rings (SSSR count). The van der Waals surface area contributed by atoms with E-state index in [1.165, 1.54) is 49.9 Å². The molecule has 3 aromatic carbocycles. The Labute approximate surface area is 323 Å². The first-order valence-corrected chi connectivity index (χ1v) is 19.9. The highest BCUT2D eigenvalue weighted by Crippen LogP contribution is 2.51. The van der Waals surface area contributed by atoms with Crippen molar-refractivity contribution in [2.45, 2.75) is 62.3 Å². The zero-order valence-electron chi connectivity index (χ0n) is 31.8. The first-order chi connectivity index (χ1) is 26.6. The predicted octanol–water partition coefficient (Wildman–Crippen LogP) is 7.80. The van der Waals surface area contributed by atoms with Crippen molar-refractivity contribution in [1.82, 2.24) is 15.1 Å². The molecular formula is C44H54F3N5O3. The molecule has 3 saturated heterocycles. The lowest BCUT2D eigenvalue weighted by Gasteiger charge is -2.53. The molecule has 11 heteroatoms. The molecule has 55 heavy (non-hydrogen) atoms. The number of methoxy groups -OCH3 is 1. The molecule has 0 radical (unpaired) electrons. The summed E-state index contributed by atoms with van der Waals surface area (Å²) in [6.45, 7) is 11.0. The highest BCUT2D eigenvalue weighted by Gasteiger charge is 2.53. The summed E-state index contributed by atoms with van der Waals surface area (Å²) >= 11 is 0. The summed E-state index contributed by atoms with van der Waals surface area (Å²) in [5.41, 5.74) is 1.69. The van der Waals surface area contributed by atoms with Gasteiger partial charge in [-0.3, -0.25) is 4.79 Å². The topological polar surface area (TPSA) is 77.2 Å². The van der Waals surface area contributed by atoms with Crippen LogP contribution in [0.5, 0.6) is 0 Å². The van der Waals surface area contributed by atoms with Crippen LogP contribution in [0, 0.1) is 23.6 Å². The lowest BCUT2D eigenvalue weighted by molar-refractivity contribution is -0.111. The number of likely N-dealkylation sites (tertiary alicyclic amines) is 2. The molecule has 4 fully saturated rings. The third kappa shape index (κ3) is 8.43. The number of alkyl carbamates (subject to hydrolysis) is 1. The second-order valence-corrected chi connectivity index (χ2v) is 16.0. The zero-order chi connectivity index (χ0) is 38.6. The second kappa shape index (κ2) is 16.8. The van der Waals surface area contributed by atoms with E-state index in [-0.39, 0.29) is 34.3 Å². The minimum atomic E-state index is -3.23. The van der Waals surface area contributed by atoms with E-state index in [1.54, 1.807) is 24.3 Å². The number of anilines is 2. The van der Waals surface area contributed by atoms with E-state index in [4.69, 9.17) is 4.74 Å². The summed E-state index contributed by atoms with van der Waals surface area (Å²) in [7, 11) is 1.41. The second-order valence-electron chi connectivity index (χ2n) is 16.0. The predicted molar refractivity (Wildman–Crippen MR) is 210 cm³/mol. The van der Waals surface area contributed by atoms with Gasteiger partial charge in [0.1, 0.15) is 5.82 Å². The van der Waals surface area contributed by atoms with Crippen LogP contribution in [0.4, 0.5) is 29.3 Å². The van der Waals surface area contributed by atoms with Gasteiger partial charge in [-0.05, 0) is 130 Å². The van der Waals surface area contributed by atoms with Crippen molar-refractivity contribution in [2.24, 2.45) is 17.8 Å².